The van der Waals surface area contributed by atoms with Gasteiger partial charge in [-0.25, -0.2) is 9.13 Å². The summed E-state index contributed by atoms with van der Waals surface area (Å²) in [6.07, 6.45) is -2.84. The van der Waals surface area contributed by atoms with Crippen molar-refractivity contribution in [2.24, 2.45) is 0 Å². The third-order valence-electron chi connectivity index (χ3n) is 3.68. The van der Waals surface area contributed by atoms with Crippen LogP contribution in [-0.4, -0.2) is 95.0 Å². The summed E-state index contributed by atoms with van der Waals surface area (Å²) in [5.41, 5.74) is 0. The number of aliphatic hydroxyl groups is 3. The molecule has 34 heavy (non-hydrogen) atoms. The number of unbranched alkanes of at least 4 members (excludes halogenated alkanes) is 1. The van der Waals surface area contributed by atoms with Gasteiger partial charge in [0.2, 0.25) is 0 Å². The summed E-state index contributed by atoms with van der Waals surface area (Å²) < 4.78 is 51.6. The third-order valence-corrected chi connectivity index (χ3v) is 5.58. The summed E-state index contributed by atoms with van der Waals surface area (Å²) in [4.78, 5) is 42.3. The predicted octanol–water partition coefficient (Wildman–Crippen LogP) is 0.0229. The van der Waals surface area contributed by atoms with Gasteiger partial charge in [0.15, 0.2) is 6.10 Å². The first-order valence-corrected chi connectivity index (χ1v) is 13.4. The Morgan fingerprint density at radius 1 is 0.794 bits per heavy atom. The molecule has 15 nitrogen and oxygen atoms in total. The minimum Gasteiger partial charge on any atom is -0.462 e. The molecule has 0 bridgehead atoms. The van der Waals surface area contributed by atoms with E-state index in [2.05, 4.69) is 13.6 Å². The fourth-order valence-electron chi connectivity index (χ4n) is 1.86. The first kappa shape index (κ1) is 33.0. The standard InChI is InChI=1S/C17H34O15P2/c1-3-5-6-17(22)32-15(11-27-16(21)4-2)12-31-34(25,26)30-10-14(20)9-29-33(23,24)28-8-13(19)7-18/h13-15,18-20H,3-12H2,1-2H3,(H,23,24)(H,25,26)/t13-,14-,15-/m1/s1. The minimum absolute atomic E-state index is 0.0623. The molecular weight excluding hydrogens is 506 g/mol. The number of hydrogen-bond donors (Lipinski definition) is 5. The van der Waals surface area contributed by atoms with Crippen LogP contribution < -0.4 is 0 Å². The molecule has 2 unspecified atom stereocenters. The van der Waals surface area contributed by atoms with Crippen LogP contribution in [0.1, 0.15) is 39.5 Å². The SMILES string of the molecule is CCCCC(=O)O[C@H](COC(=O)CC)COP(=O)(O)OC[C@H](O)COP(=O)(O)OC[C@H](O)CO. The van der Waals surface area contributed by atoms with Crippen LogP contribution in [0.5, 0.6) is 0 Å². The maximum Gasteiger partial charge on any atom is 0.472 e. The zero-order valence-corrected chi connectivity index (χ0v) is 20.8. The molecule has 17 heteroatoms. The highest BCUT2D eigenvalue weighted by Crippen LogP contribution is 2.45. The molecule has 0 fully saturated rings. The van der Waals surface area contributed by atoms with E-state index in [9.17, 15) is 33.6 Å². The second-order valence-electron chi connectivity index (χ2n) is 6.86. The van der Waals surface area contributed by atoms with Crippen molar-refractivity contribution in [1.29, 1.82) is 0 Å². The Morgan fingerprint density at radius 2 is 1.29 bits per heavy atom. The van der Waals surface area contributed by atoms with Crippen molar-refractivity contribution >= 4 is 27.6 Å². The topological polar surface area (TPSA) is 225 Å². The number of carbonyl (C=O) groups excluding carboxylic acids is 2. The fourth-order valence-corrected chi connectivity index (χ4v) is 3.45. The molecule has 0 aromatic heterocycles. The Labute approximate surface area is 197 Å². The van der Waals surface area contributed by atoms with Crippen LogP contribution >= 0.6 is 15.6 Å². The lowest BCUT2D eigenvalue weighted by molar-refractivity contribution is -0.161. The van der Waals surface area contributed by atoms with Crippen LogP contribution in [0.3, 0.4) is 0 Å². The first-order valence-electron chi connectivity index (χ1n) is 10.4. The second-order valence-corrected chi connectivity index (χ2v) is 9.77. The van der Waals surface area contributed by atoms with E-state index in [1.165, 1.54) is 0 Å². The van der Waals surface area contributed by atoms with Gasteiger partial charge in [0.1, 0.15) is 18.8 Å². The molecule has 0 rings (SSSR count). The highest BCUT2D eigenvalue weighted by Gasteiger charge is 2.29. The molecule has 0 aliphatic carbocycles. The Bertz CT molecular complexity index is 688. The number of phosphoric acid groups is 2. The summed E-state index contributed by atoms with van der Waals surface area (Å²) >= 11 is 0. The largest absolute Gasteiger partial charge is 0.472 e. The Morgan fingerprint density at radius 3 is 1.76 bits per heavy atom. The number of rotatable bonds is 20. The lowest BCUT2D eigenvalue weighted by atomic mass is 10.2. The van der Waals surface area contributed by atoms with Crippen molar-refractivity contribution in [2.75, 3.05) is 39.6 Å². The van der Waals surface area contributed by atoms with E-state index in [4.69, 9.17) is 24.2 Å². The molecule has 0 radical (unpaired) electrons. The smallest absolute Gasteiger partial charge is 0.462 e. The Balaban J connectivity index is 4.60. The van der Waals surface area contributed by atoms with Crippen molar-refractivity contribution < 1.29 is 71.4 Å². The van der Waals surface area contributed by atoms with E-state index in [1.807, 2.05) is 6.92 Å². The number of phosphoric ester groups is 2. The number of esters is 2. The molecule has 0 saturated heterocycles. The van der Waals surface area contributed by atoms with Crippen molar-refractivity contribution in [2.45, 2.75) is 57.8 Å². The fraction of sp³-hybridized carbons (Fsp3) is 0.882. The molecule has 0 aromatic carbocycles. The molecule has 5 atom stereocenters. The van der Waals surface area contributed by atoms with Gasteiger partial charge in [-0.3, -0.25) is 27.7 Å². The second kappa shape index (κ2) is 17.5. The molecule has 0 aliphatic heterocycles. The number of ether oxygens (including phenoxy) is 2. The van der Waals surface area contributed by atoms with Gasteiger partial charge in [0, 0.05) is 12.8 Å². The quantitative estimate of drug-likeness (QED) is 0.101. The predicted molar refractivity (Wildman–Crippen MR) is 113 cm³/mol. The first-order chi connectivity index (χ1) is 15.8. The minimum atomic E-state index is -4.78. The van der Waals surface area contributed by atoms with E-state index in [0.717, 1.165) is 6.42 Å². The number of hydrogen-bond acceptors (Lipinski definition) is 13. The average molecular weight is 540 g/mol. The van der Waals surface area contributed by atoms with Gasteiger partial charge in [-0.05, 0) is 6.42 Å². The highest BCUT2D eigenvalue weighted by molar-refractivity contribution is 7.47. The zero-order valence-electron chi connectivity index (χ0n) is 19.0. The summed E-state index contributed by atoms with van der Waals surface area (Å²) in [6, 6.07) is 0. The maximum absolute atomic E-state index is 12.0. The molecule has 5 N–H and O–H groups in total. The Kier molecular flexibility index (Phi) is 17.0. The highest BCUT2D eigenvalue weighted by atomic mass is 31.2. The number of carbonyl (C=O) groups is 2. The van der Waals surface area contributed by atoms with E-state index in [-0.39, 0.29) is 12.8 Å². The Hall–Kier alpha value is -0.960. The molecule has 0 amide bonds. The van der Waals surface area contributed by atoms with Crippen LogP contribution in [0.15, 0.2) is 0 Å². The third kappa shape index (κ3) is 17.5. The maximum atomic E-state index is 12.0. The molecule has 0 heterocycles. The van der Waals surface area contributed by atoms with Gasteiger partial charge in [-0.2, -0.15) is 0 Å². The van der Waals surface area contributed by atoms with E-state index in [0.29, 0.717) is 6.42 Å². The van der Waals surface area contributed by atoms with Crippen LogP contribution in [0.25, 0.3) is 0 Å². The van der Waals surface area contributed by atoms with Crippen LogP contribution in [0, 0.1) is 0 Å². The van der Waals surface area contributed by atoms with Crippen LogP contribution in [-0.2, 0) is 46.3 Å². The monoisotopic (exact) mass is 540 g/mol. The van der Waals surface area contributed by atoms with Crippen LogP contribution in [0.4, 0.5) is 0 Å². The van der Waals surface area contributed by atoms with Crippen molar-refractivity contribution in [3.8, 4) is 0 Å². The van der Waals surface area contributed by atoms with Crippen molar-refractivity contribution in [3.05, 3.63) is 0 Å². The molecule has 0 aromatic rings. The lowest BCUT2D eigenvalue weighted by Crippen LogP contribution is -2.29. The van der Waals surface area contributed by atoms with Crippen molar-refractivity contribution in [1.82, 2.24) is 0 Å². The normalized spacial score (nSPS) is 17.7. The van der Waals surface area contributed by atoms with Crippen LogP contribution in [0.2, 0.25) is 0 Å². The van der Waals surface area contributed by atoms with E-state index in [1.54, 1.807) is 6.92 Å². The van der Waals surface area contributed by atoms with E-state index >= 15 is 0 Å². The summed E-state index contributed by atoms with van der Waals surface area (Å²) in [6.45, 7) is -0.821. The van der Waals surface area contributed by atoms with Gasteiger partial charge in [0.05, 0.1) is 33.0 Å². The molecule has 202 valence electrons. The van der Waals surface area contributed by atoms with Gasteiger partial charge in [-0.1, -0.05) is 20.3 Å². The van der Waals surface area contributed by atoms with Gasteiger partial charge in [0.25, 0.3) is 0 Å². The number of aliphatic hydroxyl groups excluding tert-OH is 3. The zero-order chi connectivity index (χ0) is 26.2. The lowest BCUT2D eigenvalue weighted by Gasteiger charge is -2.20. The average Bonchev–Trinajstić information content (AvgIpc) is 2.80. The van der Waals surface area contributed by atoms with Gasteiger partial charge in [-0.15, -0.1) is 0 Å². The summed E-state index contributed by atoms with van der Waals surface area (Å²) in [7, 11) is -9.47. The molecule has 0 spiro atoms. The molecular formula is C17H34O15P2. The van der Waals surface area contributed by atoms with Crippen molar-refractivity contribution in [3.63, 3.8) is 0 Å². The van der Waals surface area contributed by atoms with Gasteiger partial charge >= 0.3 is 27.6 Å². The molecule has 0 aliphatic rings. The van der Waals surface area contributed by atoms with E-state index < -0.39 is 85.5 Å². The summed E-state index contributed by atoms with van der Waals surface area (Å²) in [5.74, 6) is -1.20. The van der Waals surface area contributed by atoms with Gasteiger partial charge < -0.3 is 34.6 Å². The molecule has 0 saturated carbocycles. The summed E-state index contributed by atoms with van der Waals surface area (Å²) in [5, 5.41) is 27.4.